The number of nitrogens with one attached hydrogen (secondary N) is 3. The van der Waals surface area contributed by atoms with E-state index in [9.17, 15) is 14.4 Å². The van der Waals surface area contributed by atoms with E-state index in [2.05, 4.69) is 16.0 Å². The molecule has 4 aromatic carbocycles. The van der Waals surface area contributed by atoms with E-state index in [4.69, 9.17) is 23.2 Å². The fourth-order valence-electron chi connectivity index (χ4n) is 4.07. The van der Waals surface area contributed by atoms with Crippen LogP contribution in [0.2, 0.25) is 10.0 Å². The Morgan fingerprint density at radius 3 is 2.19 bits per heavy atom. The molecule has 1 atom stereocenters. The van der Waals surface area contributed by atoms with E-state index in [1.54, 1.807) is 66.7 Å². The summed E-state index contributed by atoms with van der Waals surface area (Å²) in [6, 6.07) is 26.6. The Labute approximate surface area is 259 Å². The van der Waals surface area contributed by atoms with Crippen molar-refractivity contribution in [1.29, 1.82) is 0 Å². The highest BCUT2D eigenvalue weighted by Crippen LogP contribution is 2.29. The largest absolute Gasteiger partial charge is 0.325 e. The van der Waals surface area contributed by atoms with Gasteiger partial charge < -0.3 is 16.0 Å². The van der Waals surface area contributed by atoms with Crippen LogP contribution in [0.1, 0.15) is 34.0 Å². The number of hydrogen-bond acceptors (Lipinski definition) is 4. The maximum absolute atomic E-state index is 13.4. The minimum Gasteiger partial charge on any atom is -0.325 e. The smallest absolute Gasteiger partial charge is 0.272 e. The van der Waals surface area contributed by atoms with Crippen LogP contribution in [0, 0.1) is 13.8 Å². The second kappa shape index (κ2) is 14.2. The highest BCUT2D eigenvalue weighted by molar-refractivity contribution is 8.00. The lowest BCUT2D eigenvalue weighted by molar-refractivity contribution is -0.115. The molecule has 9 heteroatoms. The Balaban J connectivity index is 1.51. The van der Waals surface area contributed by atoms with Crippen molar-refractivity contribution in [2.75, 3.05) is 10.6 Å². The predicted octanol–water partition coefficient (Wildman–Crippen LogP) is 8.14. The SMILES string of the molecule is Cc1cccc(C)c1NC(=O)C(C)Sc1cccc(NC(=O)/C(=C\c2cccc(Cl)c2Cl)NC(=O)c2ccccc2)c1. The quantitative estimate of drug-likeness (QED) is 0.131. The number of halogens is 2. The molecule has 0 radical (unpaired) electrons. The maximum Gasteiger partial charge on any atom is 0.272 e. The van der Waals surface area contributed by atoms with Gasteiger partial charge in [-0.3, -0.25) is 14.4 Å². The number of thioether (sulfide) groups is 1. The summed E-state index contributed by atoms with van der Waals surface area (Å²) in [5.74, 6) is -1.14. The summed E-state index contributed by atoms with van der Waals surface area (Å²) in [7, 11) is 0. The molecule has 0 saturated carbocycles. The summed E-state index contributed by atoms with van der Waals surface area (Å²) in [5, 5.41) is 8.73. The van der Waals surface area contributed by atoms with E-state index in [0.717, 1.165) is 21.7 Å². The molecule has 1 unspecified atom stereocenters. The molecule has 0 spiro atoms. The lowest BCUT2D eigenvalue weighted by Crippen LogP contribution is -2.30. The molecule has 0 aromatic heterocycles. The molecule has 0 fully saturated rings. The number of anilines is 2. The molecule has 0 bridgehead atoms. The van der Waals surface area contributed by atoms with Gasteiger partial charge in [-0.15, -0.1) is 11.8 Å². The van der Waals surface area contributed by atoms with Crippen molar-refractivity contribution in [3.8, 4) is 0 Å². The fraction of sp³-hybridized carbons (Fsp3) is 0.121. The Morgan fingerprint density at radius 2 is 1.48 bits per heavy atom. The molecule has 0 aliphatic carbocycles. The van der Waals surface area contributed by atoms with Crippen LogP contribution in [-0.2, 0) is 9.59 Å². The fourth-order valence-corrected chi connectivity index (χ4v) is 5.36. The van der Waals surface area contributed by atoms with Crippen molar-refractivity contribution in [2.45, 2.75) is 30.9 Å². The number of amides is 3. The van der Waals surface area contributed by atoms with Crippen LogP contribution in [0.15, 0.2) is 102 Å². The van der Waals surface area contributed by atoms with E-state index in [0.29, 0.717) is 21.8 Å². The second-order valence-corrected chi connectivity index (χ2v) is 11.7. The van der Waals surface area contributed by atoms with Crippen molar-refractivity contribution in [3.63, 3.8) is 0 Å². The summed E-state index contributed by atoms with van der Waals surface area (Å²) >= 11 is 13.9. The first-order valence-electron chi connectivity index (χ1n) is 13.1. The Hall–Kier alpha value is -4.04. The van der Waals surface area contributed by atoms with Crippen LogP contribution in [0.25, 0.3) is 6.08 Å². The highest BCUT2D eigenvalue weighted by Gasteiger charge is 2.19. The zero-order chi connectivity index (χ0) is 30.2. The van der Waals surface area contributed by atoms with Gasteiger partial charge in [0, 0.05) is 21.8 Å². The molecule has 3 amide bonds. The standard InChI is InChI=1S/C33H29Cl2N3O3S/c1-20-10-7-11-21(2)30(20)38-31(39)22(3)42-26-16-9-15-25(19-26)36-33(41)28(18-24-14-8-17-27(34)29(24)35)37-32(40)23-12-5-4-6-13-23/h4-19,22H,1-3H3,(H,36,41)(H,37,40)(H,38,39)/b28-18+. The monoisotopic (exact) mass is 617 g/mol. The van der Waals surface area contributed by atoms with Gasteiger partial charge in [-0.25, -0.2) is 0 Å². The first-order chi connectivity index (χ1) is 20.1. The molecular weight excluding hydrogens is 589 g/mol. The predicted molar refractivity (Wildman–Crippen MR) is 173 cm³/mol. The molecule has 0 aliphatic heterocycles. The molecule has 0 heterocycles. The topological polar surface area (TPSA) is 87.3 Å². The lowest BCUT2D eigenvalue weighted by Gasteiger charge is -2.16. The highest BCUT2D eigenvalue weighted by atomic mass is 35.5. The van der Waals surface area contributed by atoms with Crippen LogP contribution >= 0.6 is 35.0 Å². The Morgan fingerprint density at radius 1 is 0.810 bits per heavy atom. The number of aryl methyl sites for hydroxylation is 2. The first kappa shape index (κ1) is 30.9. The van der Waals surface area contributed by atoms with Gasteiger partial charge in [-0.2, -0.15) is 0 Å². The Bertz CT molecular complexity index is 1640. The van der Waals surface area contributed by atoms with Crippen molar-refractivity contribution < 1.29 is 14.4 Å². The van der Waals surface area contributed by atoms with Crippen LogP contribution < -0.4 is 16.0 Å². The third-order valence-electron chi connectivity index (χ3n) is 6.31. The molecule has 3 N–H and O–H groups in total. The van der Waals surface area contributed by atoms with Crippen LogP contribution in [0.5, 0.6) is 0 Å². The van der Waals surface area contributed by atoms with Gasteiger partial charge in [0.1, 0.15) is 5.70 Å². The van der Waals surface area contributed by atoms with Crippen LogP contribution in [0.4, 0.5) is 11.4 Å². The van der Waals surface area contributed by atoms with Gasteiger partial charge in [0.25, 0.3) is 11.8 Å². The van der Waals surface area contributed by atoms with Crippen LogP contribution in [0.3, 0.4) is 0 Å². The summed E-state index contributed by atoms with van der Waals surface area (Å²) in [4.78, 5) is 40.1. The van der Waals surface area contributed by atoms with Crippen molar-refractivity contribution in [1.82, 2.24) is 5.32 Å². The molecule has 6 nitrogen and oxygen atoms in total. The van der Waals surface area contributed by atoms with Gasteiger partial charge in [-0.1, -0.05) is 77.8 Å². The average molecular weight is 619 g/mol. The summed E-state index contributed by atoms with van der Waals surface area (Å²) in [5.41, 5.74) is 4.13. The third-order valence-corrected chi connectivity index (χ3v) is 8.24. The number of carbonyl (C=O) groups excluding carboxylic acids is 3. The Kier molecular flexibility index (Phi) is 10.5. The summed E-state index contributed by atoms with van der Waals surface area (Å²) in [6.45, 7) is 5.74. The molecular formula is C33H29Cl2N3O3S. The number of carbonyl (C=O) groups is 3. The third kappa shape index (κ3) is 8.03. The van der Waals surface area contributed by atoms with Gasteiger partial charge >= 0.3 is 0 Å². The average Bonchev–Trinajstić information content (AvgIpc) is 2.97. The van der Waals surface area contributed by atoms with E-state index < -0.39 is 17.1 Å². The number of benzene rings is 4. The van der Waals surface area contributed by atoms with Gasteiger partial charge in [0.15, 0.2) is 0 Å². The molecule has 42 heavy (non-hydrogen) atoms. The molecule has 214 valence electrons. The van der Waals surface area contributed by atoms with Gasteiger partial charge in [0.05, 0.1) is 15.3 Å². The number of hydrogen-bond donors (Lipinski definition) is 3. The van der Waals surface area contributed by atoms with E-state index in [1.807, 2.05) is 45.0 Å². The van der Waals surface area contributed by atoms with E-state index >= 15 is 0 Å². The molecule has 4 aromatic rings. The summed E-state index contributed by atoms with van der Waals surface area (Å²) < 4.78 is 0. The summed E-state index contributed by atoms with van der Waals surface area (Å²) in [6.07, 6.45) is 1.48. The molecule has 0 aliphatic rings. The number of para-hydroxylation sites is 1. The van der Waals surface area contributed by atoms with Crippen molar-refractivity contribution in [2.24, 2.45) is 0 Å². The lowest BCUT2D eigenvalue weighted by atomic mass is 10.1. The molecule has 4 rings (SSSR count). The second-order valence-electron chi connectivity index (χ2n) is 9.52. The van der Waals surface area contributed by atoms with E-state index in [1.165, 1.54) is 17.8 Å². The minimum absolute atomic E-state index is 0.0209. The first-order valence-corrected chi connectivity index (χ1v) is 14.7. The van der Waals surface area contributed by atoms with Gasteiger partial charge in [-0.05, 0) is 79.9 Å². The maximum atomic E-state index is 13.4. The number of rotatable bonds is 9. The van der Waals surface area contributed by atoms with Gasteiger partial charge in [0.2, 0.25) is 5.91 Å². The molecule has 0 saturated heterocycles. The minimum atomic E-state index is -0.557. The van der Waals surface area contributed by atoms with E-state index in [-0.39, 0.29) is 16.6 Å². The normalized spacial score (nSPS) is 11.9. The zero-order valence-corrected chi connectivity index (χ0v) is 25.5. The van der Waals surface area contributed by atoms with Crippen molar-refractivity contribution >= 4 is 70.1 Å². The van der Waals surface area contributed by atoms with Crippen LogP contribution in [-0.4, -0.2) is 23.0 Å². The van der Waals surface area contributed by atoms with Crippen molar-refractivity contribution in [3.05, 3.63) is 129 Å². The zero-order valence-electron chi connectivity index (χ0n) is 23.2.